The summed E-state index contributed by atoms with van der Waals surface area (Å²) in [6.07, 6.45) is 0. The molecule has 0 saturated heterocycles. The number of thiocarbonyl (C=S) groups is 1. The maximum absolute atomic E-state index is 5.40. The topological polar surface area (TPSA) is 24.1 Å². The van der Waals surface area contributed by atoms with Gasteiger partial charge in [0.1, 0.15) is 0 Å². The van der Waals surface area contributed by atoms with Crippen molar-refractivity contribution in [1.82, 2.24) is 5.32 Å². The lowest BCUT2D eigenvalue weighted by Crippen LogP contribution is -2.30. The average Bonchev–Trinajstić information content (AvgIpc) is 2.46. The highest BCUT2D eigenvalue weighted by Gasteiger charge is 2.14. The minimum atomic E-state index is 0.149. The molecule has 2 N–H and O–H groups in total. The van der Waals surface area contributed by atoms with Gasteiger partial charge in [-0.05, 0) is 53.9 Å². The van der Waals surface area contributed by atoms with Crippen LogP contribution in [-0.4, -0.2) is 5.11 Å². The number of rotatable bonds is 3. The lowest BCUT2D eigenvalue weighted by atomic mass is 9.86. The van der Waals surface area contributed by atoms with E-state index in [0.29, 0.717) is 5.11 Å². The Labute approximate surface area is 152 Å². The normalized spacial score (nSPS) is 12.6. The Hall–Kier alpha value is -1.39. The fourth-order valence-corrected chi connectivity index (χ4v) is 2.98. The van der Waals surface area contributed by atoms with Crippen LogP contribution in [0.25, 0.3) is 0 Å². The average molecular weight is 391 g/mol. The minimum absolute atomic E-state index is 0.149. The Kier molecular flexibility index (Phi) is 5.82. The fraction of sp³-hybridized carbons (Fsp3) is 0.316. The Morgan fingerprint density at radius 2 is 1.74 bits per heavy atom. The summed E-state index contributed by atoms with van der Waals surface area (Å²) < 4.78 is 1.02. The van der Waals surface area contributed by atoms with Gasteiger partial charge in [0.15, 0.2) is 5.11 Å². The molecule has 2 nitrogen and oxygen atoms in total. The molecule has 0 radical (unpaired) electrons. The molecule has 4 heteroatoms. The lowest BCUT2D eigenvalue weighted by Gasteiger charge is -2.21. The van der Waals surface area contributed by atoms with E-state index in [2.05, 4.69) is 78.5 Å². The molecule has 2 rings (SSSR count). The summed E-state index contributed by atoms with van der Waals surface area (Å²) >= 11 is 8.86. The third-order valence-corrected chi connectivity index (χ3v) is 4.42. The second-order valence-corrected chi connectivity index (χ2v) is 8.03. The molecule has 0 heterocycles. The van der Waals surface area contributed by atoms with Crippen molar-refractivity contribution in [3.63, 3.8) is 0 Å². The predicted octanol–water partition coefficient (Wildman–Crippen LogP) is 5.79. The number of anilines is 1. The molecule has 0 amide bonds. The van der Waals surface area contributed by atoms with Crippen molar-refractivity contribution in [2.75, 3.05) is 5.32 Å². The SMILES string of the molecule is CC(NC(=S)Nc1cccc(Br)c1)c1ccc(C(C)(C)C)cc1. The molecule has 2 aromatic rings. The van der Waals surface area contributed by atoms with Gasteiger partial charge in [0, 0.05) is 10.2 Å². The molecule has 0 fully saturated rings. The molecule has 23 heavy (non-hydrogen) atoms. The maximum atomic E-state index is 5.40. The van der Waals surface area contributed by atoms with Gasteiger partial charge in [0.2, 0.25) is 0 Å². The summed E-state index contributed by atoms with van der Waals surface area (Å²) in [6, 6.07) is 16.8. The molecule has 0 aromatic heterocycles. The quantitative estimate of drug-likeness (QED) is 0.647. The van der Waals surface area contributed by atoms with E-state index in [9.17, 15) is 0 Å². The highest BCUT2D eigenvalue weighted by atomic mass is 79.9. The van der Waals surface area contributed by atoms with E-state index in [1.165, 1.54) is 11.1 Å². The first kappa shape index (κ1) is 18.0. The van der Waals surface area contributed by atoms with Crippen molar-refractivity contribution in [3.8, 4) is 0 Å². The van der Waals surface area contributed by atoms with Crippen LogP contribution in [0.4, 0.5) is 5.69 Å². The summed E-state index contributed by atoms with van der Waals surface area (Å²) in [5.41, 5.74) is 3.69. The van der Waals surface area contributed by atoms with E-state index >= 15 is 0 Å². The van der Waals surface area contributed by atoms with Gasteiger partial charge in [0.05, 0.1) is 6.04 Å². The zero-order valence-electron chi connectivity index (χ0n) is 14.0. The molecule has 2 aromatic carbocycles. The number of hydrogen-bond donors (Lipinski definition) is 2. The Morgan fingerprint density at radius 1 is 1.09 bits per heavy atom. The largest absolute Gasteiger partial charge is 0.356 e. The second kappa shape index (κ2) is 7.45. The Bertz CT molecular complexity index is 675. The molecule has 0 aliphatic heterocycles. The monoisotopic (exact) mass is 390 g/mol. The summed E-state index contributed by atoms with van der Waals surface area (Å²) in [4.78, 5) is 0. The first-order valence-corrected chi connectivity index (χ1v) is 8.89. The third-order valence-electron chi connectivity index (χ3n) is 3.71. The van der Waals surface area contributed by atoms with E-state index in [1.54, 1.807) is 0 Å². The van der Waals surface area contributed by atoms with Crippen molar-refractivity contribution in [2.45, 2.75) is 39.2 Å². The zero-order valence-corrected chi connectivity index (χ0v) is 16.4. The number of halogens is 1. The van der Waals surface area contributed by atoms with Crippen LogP contribution in [0.15, 0.2) is 53.0 Å². The predicted molar refractivity (Wildman–Crippen MR) is 107 cm³/mol. The maximum Gasteiger partial charge on any atom is 0.171 e. The Morgan fingerprint density at radius 3 is 2.30 bits per heavy atom. The molecule has 0 aliphatic carbocycles. The van der Waals surface area contributed by atoms with Crippen LogP contribution in [0.5, 0.6) is 0 Å². The van der Waals surface area contributed by atoms with Crippen LogP contribution in [0, 0.1) is 0 Å². The van der Waals surface area contributed by atoms with Crippen molar-refractivity contribution in [2.24, 2.45) is 0 Å². The molecule has 1 atom stereocenters. The van der Waals surface area contributed by atoms with Crippen LogP contribution in [0.1, 0.15) is 44.9 Å². The third kappa shape index (κ3) is 5.33. The smallest absolute Gasteiger partial charge is 0.171 e. The van der Waals surface area contributed by atoms with E-state index < -0.39 is 0 Å². The van der Waals surface area contributed by atoms with E-state index in [1.807, 2.05) is 24.3 Å². The molecule has 122 valence electrons. The van der Waals surface area contributed by atoms with E-state index in [0.717, 1.165) is 10.2 Å². The van der Waals surface area contributed by atoms with Crippen LogP contribution >= 0.6 is 28.1 Å². The van der Waals surface area contributed by atoms with Crippen molar-refractivity contribution >= 4 is 38.9 Å². The van der Waals surface area contributed by atoms with Crippen molar-refractivity contribution in [3.05, 3.63) is 64.1 Å². The van der Waals surface area contributed by atoms with Gasteiger partial charge in [-0.25, -0.2) is 0 Å². The summed E-state index contributed by atoms with van der Waals surface area (Å²) in [7, 11) is 0. The molecule has 0 aliphatic rings. The van der Waals surface area contributed by atoms with Gasteiger partial charge in [-0.2, -0.15) is 0 Å². The van der Waals surface area contributed by atoms with Gasteiger partial charge in [-0.1, -0.05) is 67.0 Å². The van der Waals surface area contributed by atoms with Crippen LogP contribution in [-0.2, 0) is 5.41 Å². The van der Waals surface area contributed by atoms with Crippen LogP contribution in [0.2, 0.25) is 0 Å². The number of nitrogens with one attached hydrogen (secondary N) is 2. The summed E-state index contributed by atoms with van der Waals surface area (Å²) in [6.45, 7) is 8.78. The second-order valence-electron chi connectivity index (χ2n) is 6.70. The molecule has 0 bridgehead atoms. The van der Waals surface area contributed by atoms with Gasteiger partial charge < -0.3 is 10.6 Å². The zero-order chi connectivity index (χ0) is 17.0. The molecular weight excluding hydrogens is 368 g/mol. The number of hydrogen-bond acceptors (Lipinski definition) is 1. The van der Waals surface area contributed by atoms with Gasteiger partial charge in [-0.3, -0.25) is 0 Å². The summed E-state index contributed by atoms with van der Waals surface area (Å²) in [5.74, 6) is 0. The van der Waals surface area contributed by atoms with Gasteiger partial charge in [0.25, 0.3) is 0 Å². The van der Waals surface area contributed by atoms with Crippen molar-refractivity contribution < 1.29 is 0 Å². The van der Waals surface area contributed by atoms with Crippen LogP contribution in [0.3, 0.4) is 0 Å². The fourth-order valence-electron chi connectivity index (χ4n) is 2.29. The minimum Gasteiger partial charge on any atom is -0.356 e. The Balaban J connectivity index is 1.98. The first-order chi connectivity index (χ1) is 10.8. The van der Waals surface area contributed by atoms with Gasteiger partial charge in [-0.15, -0.1) is 0 Å². The standard InChI is InChI=1S/C19H23BrN2S/c1-13(14-8-10-15(11-9-14)19(2,3)4)21-18(23)22-17-7-5-6-16(20)12-17/h5-13H,1-4H3,(H2,21,22,23). The van der Waals surface area contributed by atoms with E-state index in [4.69, 9.17) is 12.2 Å². The summed E-state index contributed by atoms with van der Waals surface area (Å²) in [5, 5.41) is 7.16. The lowest BCUT2D eigenvalue weighted by molar-refractivity contribution is 0.589. The molecule has 0 saturated carbocycles. The molecule has 1 unspecified atom stereocenters. The highest BCUT2D eigenvalue weighted by molar-refractivity contribution is 9.10. The van der Waals surface area contributed by atoms with E-state index in [-0.39, 0.29) is 11.5 Å². The highest BCUT2D eigenvalue weighted by Crippen LogP contribution is 2.24. The van der Waals surface area contributed by atoms with Gasteiger partial charge >= 0.3 is 0 Å². The first-order valence-electron chi connectivity index (χ1n) is 7.69. The van der Waals surface area contributed by atoms with Crippen molar-refractivity contribution in [1.29, 1.82) is 0 Å². The van der Waals surface area contributed by atoms with Crippen LogP contribution < -0.4 is 10.6 Å². The molecular formula is C19H23BrN2S. The molecule has 0 spiro atoms. The number of benzene rings is 2.